The fourth-order valence-electron chi connectivity index (χ4n) is 1.93. The molecule has 1 aromatic carbocycles. The lowest BCUT2D eigenvalue weighted by Crippen LogP contribution is -2.21. The van der Waals surface area contributed by atoms with Crippen molar-refractivity contribution in [2.45, 2.75) is 18.6 Å². The van der Waals surface area contributed by atoms with Crippen molar-refractivity contribution in [2.75, 3.05) is 6.61 Å². The molecule has 3 nitrogen and oxygen atoms in total. The van der Waals surface area contributed by atoms with Crippen LogP contribution in [-0.4, -0.2) is 11.6 Å². The van der Waals surface area contributed by atoms with Crippen LogP contribution in [0.3, 0.4) is 0 Å². The second kappa shape index (κ2) is 6.98. The van der Waals surface area contributed by atoms with Gasteiger partial charge in [0.1, 0.15) is 5.75 Å². The second-order valence-electron chi connectivity index (χ2n) is 4.61. The molecule has 2 heterocycles. The lowest BCUT2D eigenvalue weighted by atomic mass is 10.1. The van der Waals surface area contributed by atoms with Crippen LogP contribution in [0, 0.1) is 0 Å². The number of hydrogen-bond acceptors (Lipinski definition) is 3. The molecule has 1 aliphatic rings. The third-order valence-corrected chi connectivity index (χ3v) is 3.35. The summed E-state index contributed by atoms with van der Waals surface area (Å²) in [6.07, 6.45) is -1.74. The van der Waals surface area contributed by atoms with Crippen molar-refractivity contribution in [1.29, 1.82) is 0 Å². The first-order valence-electron chi connectivity index (χ1n) is 6.54. The molecule has 0 unspecified atom stereocenters. The van der Waals surface area contributed by atoms with Crippen LogP contribution in [0.15, 0.2) is 42.6 Å². The molecule has 0 saturated carbocycles. The molecular weight excluding hydrogens is 317 g/mol. The minimum absolute atomic E-state index is 0.0555. The molecule has 1 aromatic heterocycles. The van der Waals surface area contributed by atoms with Gasteiger partial charge in [-0.1, -0.05) is 23.7 Å². The highest BCUT2D eigenvalue weighted by Gasteiger charge is 2.32. The van der Waals surface area contributed by atoms with Crippen molar-refractivity contribution in [3.05, 3.63) is 58.9 Å². The van der Waals surface area contributed by atoms with Crippen LogP contribution >= 0.6 is 11.6 Å². The summed E-state index contributed by atoms with van der Waals surface area (Å²) in [6.45, 7) is 0.708. The molecule has 22 heavy (non-hydrogen) atoms. The Bertz CT molecular complexity index is 634. The molecule has 2 aromatic rings. The standard InChI is InChI=1S/C8H10N2O.C7H4ClF3/c9-6-3-5-11-7-2-1-4-10-8(6)7;8-6-4-2-1-3-5(6)7(9,10)11/h1-2,4,6H,3,5,9H2;1-4H/t6-;/m1./s1. The maximum Gasteiger partial charge on any atom is 0.417 e. The first-order valence-corrected chi connectivity index (χ1v) is 6.92. The highest BCUT2D eigenvalue weighted by Crippen LogP contribution is 2.33. The van der Waals surface area contributed by atoms with Gasteiger partial charge in [-0.3, -0.25) is 4.98 Å². The number of halogens is 4. The van der Waals surface area contributed by atoms with Gasteiger partial charge in [0, 0.05) is 12.6 Å². The zero-order valence-corrected chi connectivity index (χ0v) is 12.2. The van der Waals surface area contributed by atoms with Gasteiger partial charge in [0.05, 0.1) is 28.9 Å². The monoisotopic (exact) mass is 330 g/mol. The third kappa shape index (κ3) is 4.11. The van der Waals surface area contributed by atoms with Crippen LogP contribution in [0.5, 0.6) is 5.75 Å². The summed E-state index contributed by atoms with van der Waals surface area (Å²) in [6, 6.07) is 8.73. The van der Waals surface area contributed by atoms with Gasteiger partial charge in [-0.25, -0.2) is 0 Å². The van der Waals surface area contributed by atoms with Crippen LogP contribution in [0.2, 0.25) is 5.02 Å². The van der Waals surface area contributed by atoms with Crippen LogP contribution in [0.4, 0.5) is 13.2 Å². The molecule has 0 fully saturated rings. The lowest BCUT2D eigenvalue weighted by Gasteiger charge is -2.20. The number of fused-ring (bicyclic) bond motifs is 1. The Morgan fingerprint density at radius 2 is 1.91 bits per heavy atom. The summed E-state index contributed by atoms with van der Waals surface area (Å²) in [5.41, 5.74) is 5.90. The van der Waals surface area contributed by atoms with Crippen molar-refractivity contribution >= 4 is 11.6 Å². The topological polar surface area (TPSA) is 48.1 Å². The Balaban J connectivity index is 0.000000160. The van der Waals surface area contributed by atoms with E-state index >= 15 is 0 Å². The summed E-state index contributed by atoms with van der Waals surface area (Å²) in [4.78, 5) is 4.15. The first-order chi connectivity index (χ1) is 10.4. The van der Waals surface area contributed by atoms with E-state index in [1.807, 2.05) is 12.1 Å². The predicted molar refractivity (Wildman–Crippen MR) is 77.7 cm³/mol. The maximum absolute atomic E-state index is 12.0. The molecule has 3 rings (SSSR count). The Morgan fingerprint density at radius 3 is 2.50 bits per heavy atom. The number of ether oxygens (including phenoxy) is 1. The SMILES string of the molecule is FC(F)(F)c1ccccc1Cl.N[C@@H]1CCOc2cccnc21. The largest absolute Gasteiger partial charge is 0.492 e. The summed E-state index contributed by atoms with van der Waals surface area (Å²) in [5, 5.41) is -0.264. The van der Waals surface area contributed by atoms with Gasteiger partial charge < -0.3 is 10.5 Å². The number of alkyl halides is 3. The van der Waals surface area contributed by atoms with Gasteiger partial charge in [-0.15, -0.1) is 0 Å². The molecule has 1 atom stereocenters. The lowest BCUT2D eigenvalue weighted by molar-refractivity contribution is -0.137. The van der Waals surface area contributed by atoms with E-state index in [0.717, 1.165) is 23.9 Å². The van der Waals surface area contributed by atoms with E-state index in [-0.39, 0.29) is 11.1 Å². The number of pyridine rings is 1. The molecule has 0 spiro atoms. The fourth-order valence-corrected chi connectivity index (χ4v) is 2.17. The third-order valence-electron chi connectivity index (χ3n) is 3.02. The Morgan fingerprint density at radius 1 is 1.18 bits per heavy atom. The zero-order chi connectivity index (χ0) is 16.2. The van der Waals surface area contributed by atoms with Crippen LogP contribution in [0.1, 0.15) is 23.7 Å². The van der Waals surface area contributed by atoms with Gasteiger partial charge in [0.25, 0.3) is 0 Å². The number of nitrogens with zero attached hydrogens (tertiary/aromatic N) is 1. The minimum atomic E-state index is -4.35. The molecule has 0 amide bonds. The molecule has 0 aliphatic carbocycles. The Kier molecular flexibility index (Phi) is 5.26. The number of aromatic nitrogens is 1. The highest BCUT2D eigenvalue weighted by atomic mass is 35.5. The van der Waals surface area contributed by atoms with E-state index < -0.39 is 11.7 Å². The van der Waals surface area contributed by atoms with Crippen molar-refractivity contribution in [1.82, 2.24) is 4.98 Å². The Hall–Kier alpha value is -1.79. The maximum atomic E-state index is 12.0. The quantitative estimate of drug-likeness (QED) is 0.786. The minimum Gasteiger partial charge on any atom is -0.492 e. The molecular formula is C15H14ClF3N2O. The van der Waals surface area contributed by atoms with Crippen LogP contribution in [0.25, 0.3) is 0 Å². The summed E-state index contributed by atoms with van der Waals surface area (Å²) in [5.74, 6) is 0.839. The van der Waals surface area contributed by atoms with E-state index in [2.05, 4.69) is 4.98 Å². The van der Waals surface area contributed by atoms with Crippen LogP contribution < -0.4 is 10.5 Å². The van der Waals surface area contributed by atoms with Gasteiger partial charge in [0.15, 0.2) is 0 Å². The smallest absolute Gasteiger partial charge is 0.417 e. The predicted octanol–water partition coefficient (Wildman–Crippen LogP) is 4.22. The van der Waals surface area contributed by atoms with Gasteiger partial charge >= 0.3 is 6.18 Å². The van der Waals surface area contributed by atoms with E-state index in [4.69, 9.17) is 22.1 Å². The summed E-state index contributed by atoms with van der Waals surface area (Å²) < 4.78 is 41.2. The van der Waals surface area contributed by atoms with E-state index in [1.165, 1.54) is 18.2 Å². The number of benzene rings is 1. The number of rotatable bonds is 0. The average molecular weight is 331 g/mol. The number of hydrogen-bond donors (Lipinski definition) is 1. The first kappa shape index (κ1) is 16.6. The van der Waals surface area contributed by atoms with E-state index in [0.29, 0.717) is 6.61 Å². The summed E-state index contributed by atoms with van der Waals surface area (Å²) in [7, 11) is 0. The average Bonchev–Trinajstić information content (AvgIpc) is 2.48. The normalized spacial score (nSPS) is 16.9. The van der Waals surface area contributed by atoms with Crippen molar-refractivity contribution in [3.8, 4) is 5.75 Å². The van der Waals surface area contributed by atoms with Gasteiger partial charge in [-0.2, -0.15) is 13.2 Å². The van der Waals surface area contributed by atoms with Crippen molar-refractivity contribution in [2.24, 2.45) is 5.73 Å². The molecule has 118 valence electrons. The fraction of sp³-hybridized carbons (Fsp3) is 0.267. The molecule has 0 bridgehead atoms. The second-order valence-corrected chi connectivity index (χ2v) is 5.02. The molecule has 1 aliphatic heterocycles. The zero-order valence-electron chi connectivity index (χ0n) is 11.5. The van der Waals surface area contributed by atoms with Crippen molar-refractivity contribution < 1.29 is 17.9 Å². The van der Waals surface area contributed by atoms with E-state index in [1.54, 1.807) is 6.20 Å². The van der Waals surface area contributed by atoms with Crippen LogP contribution in [-0.2, 0) is 6.18 Å². The molecule has 7 heteroatoms. The van der Waals surface area contributed by atoms with Gasteiger partial charge in [-0.05, 0) is 24.3 Å². The highest BCUT2D eigenvalue weighted by molar-refractivity contribution is 6.31. The van der Waals surface area contributed by atoms with E-state index in [9.17, 15) is 13.2 Å². The summed E-state index contributed by atoms with van der Waals surface area (Å²) >= 11 is 5.29. The molecule has 0 saturated heterocycles. The number of nitrogens with two attached hydrogens (primary N) is 1. The van der Waals surface area contributed by atoms with Crippen molar-refractivity contribution in [3.63, 3.8) is 0 Å². The molecule has 2 N–H and O–H groups in total. The van der Waals surface area contributed by atoms with Gasteiger partial charge in [0.2, 0.25) is 0 Å². The Labute approximate surface area is 130 Å². The molecule has 0 radical (unpaired) electrons.